The molecule has 7 nitrogen and oxygen atoms in total. The third kappa shape index (κ3) is 5.33. The zero-order chi connectivity index (χ0) is 19.3. The normalized spacial score (nSPS) is 11.5. The SMILES string of the molecule is O=C(CSc1nnc(-c2cccnc2)n1Cc1ccco1)NCC(F)(F)F. The smallest absolute Gasteiger partial charge is 0.405 e. The minimum absolute atomic E-state index is 0.223. The van der Waals surface area contributed by atoms with Gasteiger partial charge in [-0.2, -0.15) is 13.2 Å². The molecule has 3 rings (SSSR count). The second-order valence-electron chi connectivity index (χ2n) is 5.39. The number of nitrogens with one attached hydrogen (secondary N) is 1. The van der Waals surface area contributed by atoms with E-state index in [9.17, 15) is 18.0 Å². The summed E-state index contributed by atoms with van der Waals surface area (Å²) < 4.78 is 43.6. The van der Waals surface area contributed by atoms with Gasteiger partial charge in [0.1, 0.15) is 12.3 Å². The summed E-state index contributed by atoms with van der Waals surface area (Å²) >= 11 is 0.991. The summed E-state index contributed by atoms with van der Waals surface area (Å²) in [6, 6.07) is 7.07. The lowest BCUT2D eigenvalue weighted by atomic mass is 10.2. The number of alkyl halides is 3. The molecule has 0 spiro atoms. The second-order valence-corrected chi connectivity index (χ2v) is 6.34. The van der Waals surface area contributed by atoms with Crippen LogP contribution in [-0.2, 0) is 11.3 Å². The maximum absolute atomic E-state index is 12.2. The molecule has 3 heterocycles. The van der Waals surface area contributed by atoms with Gasteiger partial charge < -0.3 is 9.73 Å². The maximum atomic E-state index is 12.2. The molecule has 0 aliphatic heterocycles. The number of thioether (sulfide) groups is 1. The first-order valence-corrected chi connectivity index (χ1v) is 8.73. The first-order chi connectivity index (χ1) is 12.9. The van der Waals surface area contributed by atoms with E-state index < -0.39 is 18.6 Å². The van der Waals surface area contributed by atoms with Crippen LogP contribution in [0.4, 0.5) is 13.2 Å². The Morgan fingerprint density at radius 2 is 2.11 bits per heavy atom. The van der Waals surface area contributed by atoms with Crippen LogP contribution in [0.15, 0.2) is 52.5 Å². The van der Waals surface area contributed by atoms with Gasteiger partial charge in [-0.15, -0.1) is 10.2 Å². The van der Waals surface area contributed by atoms with E-state index in [1.165, 1.54) is 6.26 Å². The molecular formula is C16H14F3N5O2S. The van der Waals surface area contributed by atoms with E-state index in [2.05, 4.69) is 15.2 Å². The lowest BCUT2D eigenvalue weighted by Gasteiger charge is -2.10. The highest BCUT2D eigenvalue weighted by molar-refractivity contribution is 7.99. The largest absolute Gasteiger partial charge is 0.467 e. The summed E-state index contributed by atoms with van der Waals surface area (Å²) in [5, 5.41) is 10.4. The third-order valence-corrected chi connectivity index (χ3v) is 4.32. The van der Waals surface area contributed by atoms with Gasteiger partial charge in [-0.3, -0.25) is 14.3 Å². The molecule has 0 bridgehead atoms. The van der Waals surface area contributed by atoms with Crippen LogP contribution in [0.2, 0.25) is 0 Å². The summed E-state index contributed by atoms with van der Waals surface area (Å²) in [6.45, 7) is -1.07. The summed E-state index contributed by atoms with van der Waals surface area (Å²) in [4.78, 5) is 15.7. The zero-order valence-electron chi connectivity index (χ0n) is 13.8. The number of amides is 1. The number of carbonyl (C=O) groups excluding carboxylic acids is 1. The van der Waals surface area contributed by atoms with Crippen molar-refractivity contribution in [3.63, 3.8) is 0 Å². The van der Waals surface area contributed by atoms with Gasteiger partial charge >= 0.3 is 6.18 Å². The molecule has 3 aromatic heterocycles. The minimum Gasteiger partial charge on any atom is -0.467 e. The highest BCUT2D eigenvalue weighted by Gasteiger charge is 2.27. The van der Waals surface area contributed by atoms with E-state index in [4.69, 9.17) is 4.42 Å². The summed E-state index contributed by atoms with van der Waals surface area (Å²) in [6.07, 6.45) is 0.318. The van der Waals surface area contributed by atoms with Crippen molar-refractivity contribution in [3.05, 3.63) is 48.7 Å². The molecule has 27 heavy (non-hydrogen) atoms. The molecular weight excluding hydrogens is 383 g/mol. The van der Waals surface area contributed by atoms with Gasteiger partial charge in [0.05, 0.1) is 18.6 Å². The second kappa shape index (κ2) is 8.25. The quantitative estimate of drug-likeness (QED) is 0.617. The Kier molecular flexibility index (Phi) is 5.79. The Labute approximate surface area is 156 Å². The average Bonchev–Trinajstić information content (AvgIpc) is 3.29. The van der Waals surface area contributed by atoms with Crippen molar-refractivity contribution in [1.29, 1.82) is 0 Å². The molecule has 0 saturated carbocycles. The predicted molar refractivity (Wildman–Crippen MR) is 90.9 cm³/mol. The summed E-state index contributed by atoms with van der Waals surface area (Å²) in [5.74, 6) is 0.188. The van der Waals surface area contributed by atoms with Gasteiger partial charge in [0, 0.05) is 18.0 Å². The number of hydrogen-bond donors (Lipinski definition) is 1. The molecule has 142 valence electrons. The van der Waals surface area contributed by atoms with E-state index in [-0.39, 0.29) is 5.75 Å². The van der Waals surface area contributed by atoms with Gasteiger partial charge in [0.25, 0.3) is 0 Å². The molecule has 1 amide bonds. The fraction of sp³-hybridized carbons (Fsp3) is 0.250. The number of aromatic nitrogens is 4. The Morgan fingerprint density at radius 3 is 2.78 bits per heavy atom. The molecule has 3 aromatic rings. The van der Waals surface area contributed by atoms with Gasteiger partial charge in [0.2, 0.25) is 5.91 Å². The molecule has 0 fully saturated rings. The Bertz CT molecular complexity index is 881. The molecule has 0 aliphatic rings. The first kappa shape index (κ1) is 19.0. The summed E-state index contributed by atoms with van der Waals surface area (Å²) in [5.41, 5.74) is 0.713. The lowest BCUT2D eigenvalue weighted by molar-refractivity contribution is -0.136. The van der Waals surface area contributed by atoms with Crippen LogP contribution in [0.5, 0.6) is 0 Å². The van der Waals surface area contributed by atoms with Gasteiger partial charge in [-0.1, -0.05) is 11.8 Å². The van der Waals surface area contributed by atoms with Gasteiger partial charge in [-0.05, 0) is 24.3 Å². The van der Waals surface area contributed by atoms with Crippen molar-refractivity contribution >= 4 is 17.7 Å². The Balaban J connectivity index is 1.76. The van der Waals surface area contributed by atoms with Crippen LogP contribution in [0.3, 0.4) is 0 Å². The fourth-order valence-electron chi connectivity index (χ4n) is 2.18. The highest BCUT2D eigenvalue weighted by atomic mass is 32.2. The van der Waals surface area contributed by atoms with Gasteiger partial charge in [-0.25, -0.2) is 0 Å². The molecule has 11 heteroatoms. The number of rotatable bonds is 7. The van der Waals surface area contributed by atoms with Crippen molar-refractivity contribution in [3.8, 4) is 11.4 Å². The summed E-state index contributed by atoms with van der Waals surface area (Å²) in [7, 11) is 0. The number of hydrogen-bond acceptors (Lipinski definition) is 6. The monoisotopic (exact) mass is 397 g/mol. The van der Waals surface area contributed by atoms with Gasteiger partial charge in [0.15, 0.2) is 11.0 Å². The van der Waals surface area contributed by atoms with Crippen molar-refractivity contribution in [2.75, 3.05) is 12.3 Å². The predicted octanol–water partition coefficient (Wildman–Crippen LogP) is 2.75. The van der Waals surface area contributed by atoms with Crippen LogP contribution in [0.1, 0.15) is 5.76 Å². The molecule has 0 atom stereocenters. The molecule has 1 N–H and O–H groups in total. The lowest BCUT2D eigenvalue weighted by Crippen LogP contribution is -2.34. The van der Waals surface area contributed by atoms with Crippen LogP contribution in [0.25, 0.3) is 11.4 Å². The Hall–Kier alpha value is -2.82. The fourth-order valence-corrected chi connectivity index (χ4v) is 2.95. The maximum Gasteiger partial charge on any atom is 0.405 e. The first-order valence-electron chi connectivity index (χ1n) is 7.74. The molecule has 0 aromatic carbocycles. The number of pyridine rings is 1. The number of nitrogens with zero attached hydrogens (tertiary/aromatic N) is 4. The highest BCUT2D eigenvalue weighted by Crippen LogP contribution is 2.25. The zero-order valence-corrected chi connectivity index (χ0v) is 14.6. The molecule has 0 radical (unpaired) electrons. The Morgan fingerprint density at radius 1 is 1.26 bits per heavy atom. The van der Waals surface area contributed by atoms with E-state index in [0.29, 0.717) is 28.8 Å². The number of carbonyl (C=O) groups is 1. The van der Waals surface area contributed by atoms with Crippen LogP contribution >= 0.6 is 11.8 Å². The van der Waals surface area contributed by atoms with Crippen LogP contribution in [0, 0.1) is 0 Å². The standard InChI is InChI=1S/C16H14F3N5O2S/c17-16(18,19)10-21-13(25)9-27-15-23-22-14(11-3-1-5-20-7-11)24(15)8-12-4-2-6-26-12/h1-7H,8-10H2,(H,21,25). The third-order valence-electron chi connectivity index (χ3n) is 3.35. The van der Waals surface area contributed by atoms with E-state index in [1.807, 2.05) is 5.32 Å². The molecule has 0 aliphatic carbocycles. The van der Waals surface area contributed by atoms with Crippen molar-refractivity contribution in [2.24, 2.45) is 0 Å². The average molecular weight is 397 g/mol. The van der Waals surface area contributed by atoms with Crippen molar-refractivity contribution in [1.82, 2.24) is 25.1 Å². The van der Waals surface area contributed by atoms with E-state index in [1.54, 1.807) is 41.2 Å². The molecule has 0 saturated heterocycles. The van der Waals surface area contributed by atoms with Crippen LogP contribution in [-0.4, -0.2) is 44.1 Å². The van der Waals surface area contributed by atoms with E-state index in [0.717, 1.165) is 11.8 Å². The molecule has 0 unspecified atom stereocenters. The van der Waals surface area contributed by atoms with Crippen molar-refractivity contribution < 1.29 is 22.4 Å². The van der Waals surface area contributed by atoms with Crippen molar-refractivity contribution in [2.45, 2.75) is 17.9 Å². The number of halogens is 3. The van der Waals surface area contributed by atoms with E-state index >= 15 is 0 Å². The van der Waals surface area contributed by atoms with Crippen LogP contribution < -0.4 is 5.32 Å². The minimum atomic E-state index is -4.45. The number of furan rings is 1. The topological polar surface area (TPSA) is 85.8 Å².